The van der Waals surface area contributed by atoms with Gasteiger partial charge in [0.2, 0.25) is 0 Å². The van der Waals surface area contributed by atoms with Gasteiger partial charge in [0, 0.05) is 48.2 Å². The predicted octanol–water partition coefficient (Wildman–Crippen LogP) is 4.95. The summed E-state index contributed by atoms with van der Waals surface area (Å²) >= 11 is 1.87. The Balaban J connectivity index is 0.00000272. The Labute approximate surface area is 206 Å². The zero-order valence-corrected chi connectivity index (χ0v) is 21.8. The number of para-hydroxylation sites is 1. The van der Waals surface area contributed by atoms with Gasteiger partial charge in [-0.3, -0.25) is 9.89 Å². The van der Waals surface area contributed by atoms with E-state index in [9.17, 15) is 0 Å². The van der Waals surface area contributed by atoms with Crippen LogP contribution in [0.5, 0.6) is 0 Å². The minimum absolute atomic E-state index is 0. The number of thiophene rings is 1. The third-order valence-corrected chi connectivity index (χ3v) is 7.24. The molecule has 2 atom stereocenters. The van der Waals surface area contributed by atoms with Crippen molar-refractivity contribution in [1.29, 1.82) is 0 Å². The van der Waals surface area contributed by atoms with Crippen molar-refractivity contribution in [2.45, 2.75) is 32.2 Å². The van der Waals surface area contributed by atoms with Gasteiger partial charge in [-0.05, 0) is 68.3 Å². The number of likely N-dealkylation sites (tertiary alicyclic amines) is 1. The van der Waals surface area contributed by atoms with Gasteiger partial charge in [-0.1, -0.05) is 24.3 Å². The molecule has 4 rings (SSSR count). The summed E-state index contributed by atoms with van der Waals surface area (Å²) in [5.41, 5.74) is 3.89. The first-order chi connectivity index (χ1) is 14.7. The molecule has 1 saturated heterocycles. The fourth-order valence-corrected chi connectivity index (χ4v) is 5.70. The van der Waals surface area contributed by atoms with Gasteiger partial charge < -0.3 is 15.6 Å². The average Bonchev–Trinajstić information content (AvgIpc) is 3.41. The highest BCUT2D eigenvalue weighted by Crippen LogP contribution is 2.36. The molecule has 0 spiro atoms. The molecule has 3 N–H and O–H groups in total. The maximum Gasteiger partial charge on any atom is 0.190 e. The summed E-state index contributed by atoms with van der Waals surface area (Å²) in [7, 11) is 4.11. The number of aliphatic imine (C=N–C) groups is 1. The highest BCUT2D eigenvalue weighted by molar-refractivity contribution is 14.0. The minimum Gasteiger partial charge on any atom is -0.361 e. The van der Waals surface area contributed by atoms with Crippen LogP contribution in [0, 0.1) is 12.8 Å². The topological polar surface area (TPSA) is 55.5 Å². The van der Waals surface area contributed by atoms with E-state index < -0.39 is 0 Å². The molecule has 0 saturated carbocycles. The number of hydrogen-bond acceptors (Lipinski definition) is 3. The van der Waals surface area contributed by atoms with E-state index in [4.69, 9.17) is 0 Å². The molecule has 7 heteroatoms. The highest BCUT2D eigenvalue weighted by atomic mass is 127. The number of piperidine rings is 1. The Morgan fingerprint density at radius 1 is 1.26 bits per heavy atom. The van der Waals surface area contributed by atoms with Crippen LogP contribution in [-0.2, 0) is 6.42 Å². The molecular formula is C24H34IN5S. The number of nitrogens with zero attached hydrogens (tertiary/aromatic N) is 2. The molecule has 168 valence electrons. The first-order valence-electron chi connectivity index (χ1n) is 10.9. The van der Waals surface area contributed by atoms with Gasteiger partial charge in [-0.15, -0.1) is 35.3 Å². The largest absolute Gasteiger partial charge is 0.361 e. The molecule has 2 aromatic heterocycles. The summed E-state index contributed by atoms with van der Waals surface area (Å²) < 4.78 is 0. The fourth-order valence-electron chi connectivity index (χ4n) is 4.72. The molecule has 1 fully saturated rings. The minimum atomic E-state index is 0. The number of guanidine groups is 1. The van der Waals surface area contributed by atoms with E-state index in [0.29, 0.717) is 12.0 Å². The van der Waals surface area contributed by atoms with Crippen LogP contribution < -0.4 is 10.6 Å². The summed E-state index contributed by atoms with van der Waals surface area (Å²) in [4.78, 5) is 11.9. The third-order valence-electron chi connectivity index (χ3n) is 6.29. The fraction of sp³-hybridized carbons (Fsp3) is 0.458. The van der Waals surface area contributed by atoms with Crippen molar-refractivity contribution in [2.75, 3.05) is 33.7 Å². The first kappa shape index (κ1) is 24.1. The number of benzene rings is 1. The van der Waals surface area contributed by atoms with Gasteiger partial charge in [0.1, 0.15) is 0 Å². The molecule has 1 aromatic carbocycles. The molecule has 3 aromatic rings. The summed E-state index contributed by atoms with van der Waals surface area (Å²) in [5.74, 6) is 1.49. The van der Waals surface area contributed by atoms with E-state index in [1.807, 2.05) is 18.4 Å². The second-order valence-corrected chi connectivity index (χ2v) is 9.26. The lowest BCUT2D eigenvalue weighted by Gasteiger charge is -2.39. The summed E-state index contributed by atoms with van der Waals surface area (Å²) in [5, 5.41) is 10.6. The van der Waals surface area contributed by atoms with Crippen molar-refractivity contribution in [3.05, 3.63) is 57.9 Å². The third kappa shape index (κ3) is 5.62. The number of aryl methyl sites for hydroxylation is 1. The zero-order valence-electron chi connectivity index (χ0n) is 18.6. The van der Waals surface area contributed by atoms with E-state index in [2.05, 4.69) is 81.4 Å². The summed E-state index contributed by atoms with van der Waals surface area (Å²) in [6.07, 6.45) is 5.62. The summed E-state index contributed by atoms with van der Waals surface area (Å²) in [6.45, 7) is 5.13. The molecule has 1 aliphatic heterocycles. The predicted molar refractivity (Wildman–Crippen MR) is 144 cm³/mol. The SMILES string of the molecule is CN=C(NCCc1c[nH]c2c(C)cccc12)NCC1CCCN(C)C1c1cccs1.I. The van der Waals surface area contributed by atoms with Gasteiger partial charge in [0.05, 0.1) is 0 Å². The number of rotatable bonds is 6. The smallest absolute Gasteiger partial charge is 0.190 e. The van der Waals surface area contributed by atoms with Crippen molar-refractivity contribution in [1.82, 2.24) is 20.5 Å². The second kappa shape index (κ2) is 11.3. The Morgan fingerprint density at radius 3 is 2.90 bits per heavy atom. The zero-order chi connectivity index (χ0) is 20.9. The molecule has 0 aliphatic carbocycles. The van der Waals surface area contributed by atoms with E-state index in [1.54, 1.807) is 0 Å². The normalized spacial score (nSPS) is 19.9. The summed E-state index contributed by atoms with van der Waals surface area (Å²) in [6, 6.07) is 11.4. The van der Waals surface area contributed by atoms with Crippen LogP contribution >= 0.6 is 35.3 Å². The van der Waals surface area contributed by atoms with Crippen molar-refractivity contribution < 1.29 is 0 Å². The number of H-pyrrole nitrogens is 1. The Hall–Kier alpha value is -1.58. The lowest BCUT2D eigenvalue weighted by Crippen LogP contribution is -2.45. The van der Waals surface area contributed by atoms with Crippen LogP contribution in [0.15, 0.2) is 46.9 Å². The van der Waals surface area contributed by atoms with Crippen LogP contribution in [0.3, 0.4) is 0 Å². The monoisotopic (exact) mass is 551 g/mol. The van der Waals surface area contributed by atoms with E-state index in [-0.39, 0.29) is 24.0 Å². The van der Waals surface area contributed by atoms with Crippen molar-refractivity contribution >= 4 is 52.2 Å². The molecule has 2 unspecified atom stereocenters. The number of aromatic nitrogens is 1. The number of aromatic amines is 1. The molecule has 3 heterocycles. The van der Waals surface area contributed by atoms with Gasteiger partial charge in [-0.25, -0.2) is 0 Å². The Kier molecular flexibility index (Phi) is 8.80. The van der Waals surface area contributed by atoms with Gasteiger partial charge >= 0.3 is 0 Å². The Morgan fingerprint density at radius 2 is 2.13 bits per heavy atom. The van der Waals surface area contributed by atoms with Gasteiger partial charge in [0.25, 0.3) is 0 Å². The molecule has 1 aliphatic rings. The van der Waals surface area contributed by atoms with Crippen molar-refractivity contribution in [3.63, 3.8) is 0 Å². The van der Waals surface area contributed by atoms with Gasteiger partial charge in [0.15, 0.2) is 5.96 Å². The molecule has 0 bridgehead atoms. The number of nitrogens with one attached hydrogen (secondary N) is 3. The lowest BCUT2D eigenvalue weighted by atomic mass is 9.88. The maximum atomic E-state index is 4.45. The standard InChI is InChI=1S/C24H33N5S.HI/c1-17-7-4-9-20-18(15-27-22(17)20)11-12-26-24(25-2)28-16-19-8-5-13-29(3)23(19)21-10-6-14-30-21;/h4,6-7,9-10,14-15,19,23,27H,5,8,11-13,16H2,1-3H3,(H2,25,26,28);1H. The van der Waals surface area contributed by atoms with Gasteiger partial charge in [-0.2, -0.15) is 0 Å². The maximum absolute atomic E-state index is 4.45. The van der Waals surface area contributed by atoms with E-state index in [1.165, 1.54) is 46.3 Å². The van der Waals surface area contributed by atoms with Crippen LogP contribution in [0.2, 0.25) is 0 Å². The highest BCUT2D eigenvalue weighted by Gasteiger charge is 2.31. The number of halogens is 1. The molecule has 0 amide bonds. The molecule has 5 nitrogen and oxygen atoms in total. The number of hydrogen-bond donors (Lipinski definition) is 3. The van der Waals surface area contributed by atoms with Crippen molar-refractivity contribution in [3.8, 4) is 0 Å². The number of fused-ring (bicyclic) bond motifs is 1. The van der Waals surface area contributed by atoms with Crippen LogP contribution in [0.4, 0.5) is 0 Å². The first-order valence-corrected chi connectivity index (χ1v) is 11.8. The van der Waals surface area contributed by atoms with E-state index in [0.717, 1.165) is 25.5 Å². The quantitative estimate of drug-likeness (QED) is 0.231. The van der Waals surface area contributed by atoms with Crippen molar-refractivity contribution in [2.24, 2.45) is 10.9 Å². The van der Waals surface area contributed by atoms with Crippen LogP contribution in [-0.4, -0.2) is 49.6 Å². The lowest BCUT2D eigenvalue weighted by molar-refractivity contribution is 0.125. The van der Waals surface area contributed by atoms with Crippen LogP contribution in [0.1, 0.15) is 34.9 Å². The molecule has 0 radical (unpaired) electrons. The van der Waals surface area contributed by atoms with E-state index >= 15 is 0 Å². The molecule has 31 heavy (non-hydrogen) atoms. The second-order valence-electron chi connectivity index (χ2n) is 8.28. The molecular weight excluding hydrogens is 517 g/mol. The van der Waals surface area contributed by atoms with Crippen LogP contribution in [0.25, 0.3) is 10.9 Å². The Bertz CT molecular complexity index is 981. The average molecular weight is 552 g/mol.